The molecule has 0 aliphatic carbocycles. The summed E-state index contributed by atoms with van der Waals surface area (Å²) in [6, 6.07) is 13.1. The van der Waals surface area contributed by atoms with Crippen LogP contribution in [0, 0.1) is 11.7 Å². The Kier molecular flexibility index (Phi) is 5.91. The van der Waals surface area contributed by atoms with Crippen molar-refractivity contribution >= 4 is 27.3 Å². The number of nitrogens with zero attached hydrogens (tertiary/aromatic N) is 2. The van der Waals surface area contributed by atoms with Crippen LogP contribution < -0.4 is 15.4 Å². The summed E-state index contributed by atoms with van der Waals surface area (Å²) in [5.74, 6) is 0.188. The lowest BCUT2D eigenvalue weighted by molar-refractivity contribution is -0.123. The van der Waals surface area contributed by atoms with Crippen LogP contribution in [0.15, 0.2) is 47.8 Å². The standard InChI is InChI=1S/C27H25FN4O2S/c28-20-3-4-21(23(13-20)34-15-16-5-9-30-24(33)11-16)26-27-22(7-10-35-27)25(31-32-26)18-1-2-19-14-29-8-6-17(19)12-18/h1-4,7,10,12-13,16,29H,5-6,8-9,11,14-15H2,(H,30,33). The summed E-state index contributed by atoms with van der Waals surface area (Å²) in [6.07, 6.45) is 2.27. The molecule has 2 aliphatic rings. The normalized spacial score (nSPS) is 17.7. The third-order valence-corrected chi connectivity index (χ3v) is 7.69. The molecule has 1 unspecified atom stereocenters. The molecule has 1 fully saturated rings. The molecule has 0 bridgehead atoms. The zero-order valence-electron chi connectivity index (χ0n) is 19.1. The number of ether oxygens (including phenoxy) is 1. The van der Waals surface area contributed by atoms with Crippen LogP contribution in [-0.2, 0) is 17.8 Å². The zero-order valence-corrected chi connectivity index (χ0v) is 20.0. The molecule has 0 radical (unpaired) electrons. The van der Waals surface area contributed by atoms with E-state index < -0.39 is 0 Å². The highest BCUT2D eigenvalue weighted by Crippen LogP contribution is 2.40. The van der Waals surface area contributed by atoms with Crippen LogP contribution >= 0.6 is 11.3 Å². The number of hydrogen-bond donors (Lipinski definition) is 2. The van der Waals surface area contributed by atoms with Gasteiger partial charge in [-0.1, -0.05) is 12.1 Å². The average Bonchev–Trinajstić information content (AvgIpc) is 3.37. The summed E-state index contributed by atoms with van der Waals surface area (Å²) in [6.45, 7) is 2.87. The fraction of sp³-hybridized carbons (Fsp3) is 0.296. The molecule has 6 nitrogen and oxygen atoms in total. The maximum Gasteiger partial charge on any atom is 0.220 e. The molecule has 8 heteroatoms. The van der Waals surface area contributed by atoms with E-state index in [1.807, 2.05) is 5.38 Å². The van der Waals surface area contributed by atoms with Crippen molar-refractivity contribution in [2.75, 3.05) is 19.7 Å². The fourth-order valence-corrected chi connectivity index (χ4v) is 5.80. The molecule has 0 spiro atoms. The molecule has 4 aromatic rings. The summed E-state index contributed by atoms with van der Waals surface area (Å²) < 4.78 is 21.2. The molecule has 4 heterocycles. The SMILES string of the molecule is O=C1CC(COc2cc(F)ccc2-c2nnc(-c3ccc4c(c3)CCNC4)c3ccsc23)CCN1. The third-order valence-electron chi connectivity index (χ3n) is 6.77. The van der Waals surface area contributed by atoms with Gasteiger partial charge in [0, 0.05) is 48.0 Å². The lowest BCUT2D eigenvalue weighted by atomic mass is 9.96. The molecule has 0 saturated carbocycles. The molecule has 2 aromatic heterocycles. The monoisotopic (exact) mass is 488 g/mol. The Bertz CT molecular complexity index is 1420. The van der Waals surface area contributed by atoms with Crippen LogP contribution in [-0.4, -0.2) is 35.8 Å². The lowest BCUT2D eigenvalue weighted by Gasteiger charge is -2.22. The van der Waals surface area contributed by atoms with Gasteiger partial charge in [0.25, 0.3) is 0 Å². The summed E-state index contributed by atoms with van der Waals surface area (Å²) in [5.41, 5.74) is 5.96. The Hall–Kier alpha value is -3.36. The Balaban J connectivity index is 1.36. The van der Waals surface area contributed by atoms with Gasteiger partial charge in [-0.15, -0.1) is 21.5 Å². The number of nitrogens with one attached hydrogen (secondary N) is 2. The van der Waals surface area contributed by atoms with E-state index in [9.17, 15) is 9.18 Å². The van der Waals surface area contributed by atoms with Gasteiger partial charge in [-0.3, -0.25) is 4.79 Å². The molecule has 1 atom stereocenters. The minimum absolute atomic E-state index is 0.0319. The first-order valence-electron chi connectivity index (χ1n) is 11.9. The van der Waals surface area contributed by atoms with Crippen molar-refractivity contribution in [1.29, 1.82) is 0 Å². The van der Waals surface area contributed by atoms with E-state index in [4.69, 9.17) is 4.74 Å². The molecular weight excluding hydrogens is 463 g/mol. The third kappa shape index (κ3) is 4.39. The molecule has 2 N–H and O–H groups in total. The predicted molar refractivity (Wildman–Crippen MR) is 135 cm³/mol. The van der Waals surface area contributed by atoms with Crippen molar-refractivity contribution in [2.24, 2.45) is 5.92 Å². The predicted octanol–water partition coefficient (Wildman–Crippen LogP) is 4.72. The Morgan fingerprint density at radius 1 is 1.06 bits per heavy atom. The van der Waals surface area contributed by atoms with Gasteiger partial charge in [-0.25, -0.2) is 4.39 Å². The van der Waals surface area contributed by atoms with Crippen molar-refractivity contribution in [3.63, 3.8) is 0 Å². The smallest absolute Gasteiger partial charge is 0.220 e. The van der Waals surface area contributed by atoms with Crippen molar-refractivity contribution in [3.05, 3.63) is 64.8 Å². The molecule has 178 valence electrons. The van der Waals surface area contributed by atoms with Crippen molar-refractivity contribution < 1.29 is 13.9 Å². The van der Waals surface area contributed by atoms with Crippen LogP contribution in [0.5, 0.6) is 5.75 Å². The van der Waals surface area contributed by atoms with Gasteiger partial charge in [-0.2, -0.15) is 0 Å². The van der Waals surface area contributed by atoms with Crippen LogP contribution in [0.1, 0.15) is 24.0 Å². The topological polar surface area (TPSA) is 76.1 Å². The van der Waals surface area contributed by atoms with E-state index in [-0.39, 0.29) is 17.6 Å². The highest BCUT2D eigenvalue weighted by Gasteiger charge is 2.22. The Morgan fingerprint density at radius 3 is 2.89 bits per heavy atom. The number of carbonyl (C=O) groups excluding carboxylic acids is 1. The highest BCUT2D eigenvalue weighted by atomic mass is 32.1. The van der Waals surface area contributed by atoms with Gasteiger partial charge in [0.1, 0.15) is 23.0 Å². The number of carbonyl (C=O) groups is 1. The quantitative estimate of drug-likeness (QED) is 0.425. The number of hydrogen-bond acceptors (Lipinski definition) is 6. The van der Waals surface area contributed by atoms with E-state index in [0.29, 0.717) is 36.6 Å². The molecular formula is C27H25FN4O2S. The van der Waals surface area contributed by atoms with Crippen LogP contribution in [0.2, 0.25) is 0 Å². The number of piperidine rings is 1. The van der Waals surface area contributed by atoms with Gasteiger partial charge in [0.2, 0.25) is 5.91 Å². The van der Waals surface area contributed by atoms with E-state index in [1.165, 1.54) is 23.3 Å². The lowest BCUT2D eigenvalue weighted by Crippen LogP contribution is -2.35. The Labute approximate surface area is 206 Å². The van der Waals surface area contributed by atoms with Crippen LogP contribution in [0.3, 0.4) is 0 Å². The average molecular weight is 489 g/mol. The number of rotatable bonds is 5. The maximum absolute atomic E-state index is 14.2. The van der Waals surface area contributed by atoms with Gasteiger partial charge in [0.05, 0.1) is 11.3 Å². The second-order valence-corrected chi connectivity index (χ2v) is 10.0. The number of aromatic nitrogens is 2. The van der Waals surface area contributed by atoms with Gasteiger partial charge >= 0.3 is 0 Å². The minimum Gasteiger partial charge on any atom is -0.492 e. The number of amides is 1. The molecule has 2 aromatic carbocycles. The number of thiophene rings is 1. The first-order chi connectivity index (χ1) is 17.2. The summed E-state index contributed by atoms with van der Waals surface area (Å²) in [7, 11) is 0. The van der Waals surface area contributed by atoms with Crippen LogP contribution in [0.4, 0.5) is 4.39 Å². The second kappa shape index (κ2) is 9.36. The summed E-state index contributed by atoms with van der Waals surface area (Å²) in [5, 5.41) is 18.6. The minimum atomic E-state index is -0.374. The number of halogens is 1. The van der Waals surface area contributed by atoms with E-state index in [2.05, 4.69) is 45.1 Å². The van der Waals surface area contributed by atoms with Crippen LogP contribution in [0.25, 0.3) is 32.6 Å². The van der Waals surface area contributed by atoms with Gasteiger partial charge in [-0.05, 0) is 60.2 Å². The van der Waals surface area contributed by atoms with E-state index >= 15 is 0 Å². The first-order valence-corrected chi connectivity index (χ1v) is 12.8. The summed E-state index contributed by atoms with van der Waals surface area (Å²) in [4.78, 5) is 11.7. The molecule has 6 rings (SSSR count). The number of benzene rings is 2. The van der Waals surface area contributed by atoms with Gasteiger partial charge in [0.15, 0.2) is 0 Å². The highest BCUT2D eigenvalue weighted by molar-refractivity contribution is 7.17. The first kappa shape index (κ1) is 22.1. The fourth-order valence-electron chi connectivity index (χ4n) is 4.91. The van der Waals surface area contributed by atoms with Crippen molar-refractivity contribution in [2.45, 2.75) is 25.8 Å². The summed E-state index contributed by atoms with van der Waals surface area (Å²) >= 11 is 1.59. The Morgan fingerprint density at radius 2 is 1.97 bits per heavy atom. The van der Waals surface area contributed by atoms with Crippen molar-refractivity contribution in [1.82, 2.24) is 20.8 Å². The van der Waals surface area contributed by atoms with Crippen molar-refractivity contribution in [3.8, 4) is 28.3 Å². The largest absolute Gasteiger partial charge is 0.492 e. The molecule has 1 saturated heterocycles. The molecule has 2 aliphatic heterocycles. The maximum atomic E-state index is 14.2. The number of fused-ring (bicyclic) bond motifs is 2. The van der Waals surface area contributed by atoms with E-state index in [1.54, 1.807) is 17.4 Å². The van der Waals surface area contributed by atoms with Gasteiger partial charge < -0.3 is 15.4 Å². The second-order valence-electron chi connectivity index (χ2n) is 9.13. The molecule has 1 amide bonds. The zero-order chi connectivity index (χ0) is 23.8. The molecule has 35 heavy (non-hydrogen) atoms. The van der Waals surface area contributed by atoms with E-state index in [0.717, 1.165) is 47.3 Å².